The van der Waals surface area contributed by atoms with E-state index >= 15 is 0 Å². The van der Waals surface area contributed by atoms with Crippen LogP contribution in [0.4, 0.5) is 5.69 Å². The van der Waals surface area contributed by atoms with Crippen LogP contribution in [0.1, 0.15) is 27.9 Å². The first kappa shape index (κ1) is 38.2. The molecule has 0 saturated carbocycles. The second-order valence-corrected chi connectivity index (χ2v) is 13.5. The minimum atomic E-state index is -1.40. The number of aromatic amines is 1. The maximum absolute atomic E-state index is 14.2. The van der Waals surface area contributed by atoms with Gasteiger partial charge in [-0.3, -0.25) is 28.8 Å². The minimum Gasteiger partial charge on any atom is -0.508 e. The van der Waals surface area contributed by atoms with Gasteiger partial charge in [0.05, 0.1) is 12.1 Å². The summed E-state index contributed by atoms with van der Waals surface area (Å²) in [5.41, 5.74) is 8.46. The molecule has 1 saturated heterocycles. The summed E-state index contributed by atoms with van der Waals surface area (Å²) in [7, 11) is 0. The van der Waals surface area contributed by atoms with E-state index in [-0.39, 0.29) is 36.3 Å². The molecular formula is C37H42N8O7S. The molecular weight excluding hydrogens is 701 g/mol. The van der Waals surface area contributed by atoms with Gasteiger partial charge in [-0.25, -0.2) is 0 Å². The van der Waals surface area contributed by atoms with E-state index in [1.165, 1.54) is 30.0 Å². The molecule has 15 nitrogen and oxygen atoms in total. The summed E-state index contributed by atoms with van der Waals surface area (Å²) in [4.78, 5) is 84.9. The van der Waals surface area contributed by atoms with Gasteiger partial charge in [-0.1, -0.05) is 42.5 Å². The second kappa shape index (κ2) is 17.9. The van der Waals surface area contributed by atoms with Gasteiger partial charge in [0, 0.05) is 42.2 Å². The van der Waals surface area contributed by atoms with E-state index in [0.29, 0.717) is 16.9 Å². The predicted octanol–water partition coefficient (Wildman–Crippen LogP) is 0.493. The number of nitrogen functional groups attached to an aromatic ring is 1. The minimum absolute atomic E-state index is 0.0130. The predicted molar refractivity (Wildman–Crippen MR) is 201 cm³/mol. The SMILES string of the molecule is CSCC[C@H]1NC(=O)[C@H](CNC(=O)c2ccccc2N)NC(=O)[C@H](Cc2c[nH]c3ccccc23)NC(=O)[C@H](Cc2ccc(O)cc2)NC(=O)CNC1=O. The lowest BCUT2D eigenvalue weighted by atomic mass is 10.0. The lowest BCUT2D eigenvalue weighted by Gasteiger charge is -2.26. The number of amides is 6. The number of rotatable bonds is 10. The highest BCUT2D eigenvalue weighted by Crippen LogP contribution is 2.20. The van der Waals surface area contributed by atoms with Crippen LogP contribution in [0.2, 0.25) is 0 Å². The molecule has 5 rings (SSSR count). The largest absolute Gasteiger partial charge is 0.508 e. The molecule has 1 fully saturated rings. The topological polar surface area (TPSA) is 237 Å². The average molecular weight is 743 g/mol. The first-order valence-corrected chi connectivity index (χ1v) is 18.3. The Morgan fingerprint density at radius 3 is 2.17 bits per heavy atom. The number of phenolic OH excluding ortho intramolecular Hbond substituents is 1. The van der Waals surface area contributed by atoms with Crippen LogP contribution in [0, 0.1) is 0 Å². The first-order chi connectivity index (χ1) is 25.5. The third-order valence-electron chi connectivity index (χ3n) is 8.73. The molecule has 1 aromatic heterocycles. The van der Waals surface area contributed by atoms with Crippen LogP contribution in [0.25, 0.3) is 10.9 Å². The van der Waals surface area contributed by atoms with Crippen LogP contribution in [-0.2, 0) is 36.8 Å². The Morgan fingerprint density at radius 2 is 1.43 bits per heavy atom. The van der Waals surface area contributed by atoms with Crippen LogP contribution in [0.15, 0.2) is 79.0 Å². The van der Waals surface area contributed by atoms with Gasteiger partial charge in [-0.05, 0) is 59.9 Å². The van der Waals surface area contributed by atoms with Crippen LogP contribution in [-0.4, -0.2) is 94.8 Å². The van der Waals surface area contributed by atoms with Gasteiger partial charge >= 0.3 is 0 Å². The van der Waals surface area contributed by atoms with Crippen molar-refractivity contribution < 1.29 is 33.9 Å². The van der Waals surface area contributed by atoms with Crippen LogP contribution in [0.3, 0.4) is 0 Å². The average Bonchev–Trinajstić information content (AvgIpc) is 3.56. The maximum atomic E-state index is 14.2. The number of aromatic hydroxyl groups is 1. The normalized spacial score (nSPS) is 20.2. The molecule has 1 aliphatic heterocycles. The highest BCUT2D eigenvalue weighted by Gasteiger charge is 2.33. The Hall–Kier alpha value is -6.03. The van der Waals surface area contributed by atoms with Gasteiger partial charge in [-0.15, -0.1) is 0 Å². The van der Waals surface area contributed by atoms with E-state index in [4.69, 9.17) is 5.73 Å². The quantitative estimate of drug-likeness (QED) is 0.103. The number of hydrogen-bond donors (Lipinski definition) is 9. The van der Waals surface area contributed by atoms with E-state index in [2.05, 4.69) is 36.9 Å². The van der Waals surface area contributed by atoms with Crippen molar-refractivity contribution in [3.05, 3.63) is 95.7 Å². The molecule has 53 heavy (non-hydrogen) atoms. The molecule has 4 aromatic rings. The number of phenols is 1. The fraction of sp³-hybridized carbons (Fsp3) is 0.297. The molecule has 0 unspecified atom stereocenters. The molecule has 6 amide bonds. The van der Waals surface area contributed by atoms with E-state index in [1.807, 2.05) is 30.5 Å². The van der Waals surface area contributed by atoms with Gasteiger partial charge in [0.1, 0.15) is 29.9 Å². The van der Waals surface area contributed by atoms with Crippen molar-refractivity contribution in [3.8, 4) is 5.75 Å². The number of nitrogens with one attached hydrogen (secondary N) is 7. The molecule has 0 bridgehead atoms. The van der Waals surface area contributed by atoms with Crippen LogP contribution < -0.4 is 37.6 Å². The number of aromatic nitrogens is 1. The number of thioether (sulfide) groups is 1. The summed E-state index contributed by atoms with van der Waals surface area (Å²) >= 11 is 1.44. The van der Waals surface area contributed by atoms with E-state index < -0.39 is 72.7 Å². The van der Waals surface area contributed by atoms with Gasteiger partial charge in [0.2, 0.25) is 29.5 Å². The molecule has 0 radical (unpaired) electrons. The smallest absolute Gasteiger partial charge is 0.253 e. The Labute approximate surface area is 309 Å². The fourth-order valence-electron chi connectivity index (χ4n) is 5.87. The Kier molecular flexibility index (Phi) is 12.9. The number of hydrogen-bond acceptors (Lipinski definition) is 9. The Balaban J connectivity index is 1.50. The van der Waals surface area contributed by atoms with Gasteiger partial charge < -0.3 is 47.7 Å². The number of anilines is 1. The molecule has 0 spiro atoms. The first-order valence-electron chi connectivity index (χ1n) is 16.9. The van der Waals surface area contributed by atoms with Crippen molar-refractivity contribution in [1.29, 1.82) is 0 Å². The Bertz CT molecular complexity index is 1970. The number of carbonyl (C=O) groups excluding carboxylic acids is 6. The second-order valence-electron chi connectivity index (χ2n) is 12.5. The number of para-hydroxylation sites is 2. The van der Waals surface area contributed by atoms with Crippen LogP contribution in [0.5, 0.6) is 5.75 Å². The van der Waals surface area contributed by atoms with E-state index in [9.17, 15) is 33.9 Å². The number of fused-ring (bicyclic) bond motifs is 1. The molecule has 16 heteroatoms. The standard InChI is InChI=1S/C37H42N8O7S/c1-53-15-14-28-34(49)41-20-32(47)42-29(16-21-10-12-23(46)13-11-21)35(50)44-30(17-22-18-39-27-9-5-3-6-24(22)27)36(51)45-31(37(52)43-28)19-40-33(48)25-7-2-4-8-26(25)38/h2-13,18,28-31,39,46H,14-17,19-20,38H2,1H3,(H,40,48)(H,41,49)(H,42,47)(H,43,52)(H,44,50)(H,45,51)/t28-,29+,30+,31+/m1/s1. The maximum Gasteiger partial charge on any atom is 0.253 e. The summed E-state index contributed by atoms with van der Waals surface area (Å²) in [6, 6.07) is 14.9. The summed E-state index contributed by atoms with van der Waals surface area (Å²) in [6.07, 6.45) is 3.72. The summed E-state index contributed by atoms with van der Waals surface area (Å²) in [5.74, 6) is -3.68. The molecule has 2 heterocycles. The number of H-pyrrole nitrogens is 1. The lowest BCUT2D eigenvalue weighted by molar-refractivity contribution is -0.133. The van der Waals surface area contributed by atoms with Crippen LogP contribution >= 0.6 is 11.8 Å². The zero-order chi connectivity index (χ0) is 37.9. The zero-order valence-electron chi connectivity index (χ0n) is 28.9. The Morgan fingerprint density at radius 1 is 0.792 bits per heavy atom. The van der Waals surface area contributed by atoms with Gasteiger partial charge in [0.25, 0.3) is 5.91 Å². The van der Waals surface area contributed by atoms with E-state index in [0.717, 1.165) is 10.9 Å². The number of benzene rings is 3. The van der Waals surface area contributed by atoms with E-state index in [1.54, 1.807) is 36.5 Å². The lowest BCUT2D eigenvalue weighted by Crippen LogP contribution is -2.60. The van der Waals surface area contributed by atoms with Crippen molar-refractivity contribution in [2.45, 2.75) is 43.4 Å². The highest BCUT2D eigenvalue weighted by atomic mass is 32.2. The molecule has 1 aliphatic rings. The summed E-state index contributed by atoms with van der Waals surface area (Å²) < 4.78 is 0. The van der Waals surface area contributed by atoms with Gasteiger partial charge in [0.15, 0.2) is 0 Å². The molecule has 4 atom stereocenters. The summed E-state index contributed by atoms with van der Waals surface area (Å²) in [6.45, 7) is -0.892. The zero-order valence-corrected chi connectivity index (χ0v) is 29.8. The third kappa shape index (κ3) is 10.3. The van der Waals surface area contributed by atoms with Crippen molar-refractivity contribution in [3.63, 3.8) is 0 Å². The fourth-order valence-corrected chi connectivity index (χ4v) is 6.34. The molecule has 3 aromatic carbocycles. The number of carbonyl (C=O) groups is 6. The van der Waals surface area contributed by atoms with Crippen molar-refractivity contribution >= 4 is 63.8 Å². The molecule has 10 N–H and O–H groups in total. The highest BCUT2D eigenvalue weighted by molar-refractivity contribution is 7.98. The monoisotopic (exact) mass is 742 g/mol. The third-order valence-corrected chi connectivity index (χ3v) is 9.38. The number of nitrogens with two attached hydrogens (primary N) is 1. The molecule has 278 valence electrons. The van der Waals surface area contributed by atoms with Gasteiger partial charge in [-0.2, -0.15) is 11.8 Å². The van der Waals surface area contributed by atoms with Crippen molar-refractivity contribution in [2.24, 2.45) is 0 Å². The van der Waals surface area contributed by atoms with Crippen molar-refractivity contribution in [1.82, 2.24) is 36.9 Å². The summed E-state index contributed by atoms with van der Waals surface area (Å²) in [5, 5.41) is 26.5. The molecule has 0 aliphatic carbocycles. The van der Waals surface area contributed by atoms with Crippen molar-refractivity contribution in [2.75, 3.05) is 30.8 Å².